The second kappa shape index (κ2) is 8.13. The Labute approximate surface area is 147 Å². The van der Waals surface area contributed by atoms with E-state index < -0.39 is 0 Å². The van der Waals surface area contributed by atoms with Gasteiger partial charge in [0.05, 0.1) is 18.6 Å². The lowest BCUT2D eigenvalue weighted by molar-refractivity contribution is 0.220. The molecular weight excluding hydrogens is 324 g/mol. The quantitative estimate of drug-likeness (QED) is 0.903. The number of aromatic nitrogens is 1. The highest BCUT2D eigenvalue weighted by atomic mass is 35.5. The van der Waals surface area contributed by atoms with Crippen LogP contribution in [0, 0.1) is 0 Å². The summed E-state index contributed by atoms with van der Waals surface area (Å²) in [6.07, 6.45) is 6.92. The summed E-state index contributed by atoms with van der Waals surface area (Å²) in [6, 6.07) is 10.8. The SMILES string of the molecule is O=C(Nc1cccnc1)N(CN1CCCCC1)c1cccc(Cl)c1. The molecule has 2 aromatic rings. The minimum atomic E-state index is -0.184. The molecule has 126 valence electrons. The predicted molar refractivity (Wildman–Crippen MR) is 97.5 cm³/mol. The maximum Gasteiger partial charge on any atom is 0.327 e. The van der Waals surface area contributed by atoms with Crippen LogP contribution in [0.4, 0.5) is 16.2 Å². The summed E-state index contributed by atoms with van der Waals surface area (Å²) >= 11 is 6.11. The zero-order valence-corrected chi connectivity index (χ0v) is 14.2. The number of halogens is 1. The highest BCUT2D eigenvalue weighted by Crippen LogP contribution is 2.22. The molecule has 0 atom stereocenters. The fourth-order valence-corrected chi connectivity index (χ4v) is 3.02. The van der Waals surface area contributed by atoms with Gasteiger partial charge < -0.3 is 5.32 Å². The van der Waals surface area contributed by atoms with E-state index in [2.05, 4.69) is 15.2 Å². The van der Waals surface area contributed by atoms with Gasteiger partial charge in [0.1, 0.15) is 0 Å². The lowest BCUT2D eigenvalue weighted by Crippen LogP contribution is -2.45. The van der Waals surface area contributed by atoms with Gasteiger partial charge in [-0.1, -0.05) is 24.1 Å². The molecule has 1 saturated heterocycles. The van der Waals surface area contributed by atoms with Gasteiger partial charge in [-0.15, -0.1) is 0 Å². The zero-order valence-electron chi connectivity index (χ0n) is 13.5. The van der Waals surface area contributed by atoms with Crippen molar-refractivity contribution in [3.63, 3.8) is 0 Å². The van der Waals surface area contributed by atoms with Crippen molar-refractivity contribution in [1.29, 1.82) is 0 Å². The molecular formula is C18H21ClN4O. The van der Waals surface area contributed by atoms with Crippen LogP contribution in [0.2, 0.25) is 5.02 Å². The first-order valence-corrected chi connectivity index (χ1v) is 8.56. The van der Waals surface area contributed by atoms with Crippen LogP contribution in [0.1, 0.15) is 19.3 Å². The molecule has 0 spiro atoms. The molecule has 0 radical (unpaired) electrons. The summed E-state index contributed by atoms with van der Waals surface area (Å²) < 4.78 is 0. The first-order valence-electron chi connectivity index (χ1n) is 8.19. The van der Waals surface area contributed by atoms with Crippen LogP contribution in [-0.4, -0.2) is 35.7 Å². The van der Waals surface area contributed by atoms with E-state index in [0.717, 1.165) is 18.8 Å². The lowest BCUT2D eigenvalue weighted by atomic mass is 10.1. The van der Waals surface area contributed by atoms with Gasteiger partial charge in [0.25, 0.3) is 0 Å². The van der Waals surface area contributed by atoms with Crippen LogP contribution in [-0.2, 0) is 0 Å². The van der Waals surface area contributed by atoms with Crippen molar-refractivity contribution < 1.29 is 4.79 Å². The number of nitrogens with one attached hydrogen (secondary N) is 1. The normalized spacial score (nSPS) is 15.0. The van der Waals surface area contributed by atoms with Crippen LogP contribution in [0.15, 0.2) is 48.8 Å². The number of anilines is 2. The summed E-state index contributed by atoms with van der Waals surface area (Å²) in [7, 11) is 0. The number of piperidine rings is 1. The molecule has 0 bridgehead atoms. The predicted octanol–water partition coefficient (Wildman–Crippen LogP) is 4.22. The Morgan fingerprint density at radius 1 is 1.21 bits per heavy atom. The standard InChI is InChI=1S/C18H21ClN4O/c19-15-6-4-8-17(12-15)23(14-22-10-2-1-3-11-22)18(24)21-16-7-5-9-20-13-16/h4-9,12-13H,1-3,10-11,14H2,(H,21,24). The molecule has 24 heavy (non-hydrogen) atoms. The van der Waals surface area contributed by atoms with E-state index in [-0.39, 0.29) is 6.03 Å². The molecule has 6 heteroatoms. The van der Waals surface area contributed by atoms with Gasteiger partial charge >= 0.3 is 6.03 Å². The van der Waals surface area contributed by atoms with E-state index >= 15 is 0 Å². The van der Waals surface area contributed by atoms with Gasteiger partial charge in [-0.3, -0.25) is 14.8 Å². The summed E-state index contributed by atoms with van der Waals surface area (Å²) in [4.78, 5) is 20.9. The van der Waals surface area contributed by atoms with E-state index in [0.29, 0.717) is 17.4 Å². The van der Waals surface area contributed by atoms with Gasteiger partial charge in [0.15, 0.2) is 0 Å². The number of urea groups is 1. The minimum absolute atomic E-state index is 0.184. The zero-order chi connectivity index (χ0) is 16.8. The minimum Gasteiger partial charge on any atom is -0.306 e. The topological polar surface area (TPSA) is 48.5 Å². The summed E-state index contributed by atoms with van der Waals surface area (Å²) in [5.41, 5.74) is 1.46. The molecule has 1 aliphatic heterocycles. The maximum absolute atomic E-state index is 12.8. The first kappa shape index (κ1) is 16.7. The number of rotatable bonds is 4. The van der Waals surface area contributed by atoms with Crippen molar-refractivity contribution in [3.05, 3.63) is 53.8 Å². The van der Waals surface area contributed by atoms with Crippen LogP contribution < -0.4 is 10.2 Å². The first-order chi connectivity index (χ1) is 11.7. The third-order valence-corrected chi connectivity index (χ3v) is 4.30. The number of nitrogens with zero attached hydrogens (tertiary/aromatic N) is 3. The Morgan fingerprint density at radius 2 is 2.04 bits per heavy atom. The van der Waals surface area contributed by atoms with Crippen LogP contribution in [0.5, 0.6) is 0 Å². The third-order valence-electron chi connectivity index (χ3n) is 4.07. The fourth-order valence-electron chi connectivity index (χ4n) is 2.84. The van der Waals surface area contributed by atoms with Gasteiger partial charge in [0.2, 0.25) is 0 Å². The molecule has 3 rings (SSSR count). The number of hydrogen-bond acceptors (Lipinski definition) is 3. The summed E-state index contributed by atoms with van der Waals surface area (Å²) in [6.45, 7) is 2.57. The number of carbonyl (C=O) groups excluding carboxylic acids is 1. The van der Waals surface area contributed by atoms with E-state index in [1.165, 1.54) is 19.3 Å². The Balaban J connectivity index is 1.79. The molecule has 1 aliphatic rings. The Bertz CT molecular complexity index is 674. The van der Waals surface area contributed by atoms with Crippen molar-refractivity contribution >= 4 is 29.0 Å². The van der Waals surface area contributed by atoms with Gasteiger partial charge in [-0.2, -0.15) is 0 Å². The highest BCUT2D eigenvalue weighted by Gasteiger charge is 2.21. The van der Waals surface area contributed by atoms with Gasteiger partial charge in [0, 0.05) is 16.9 Å². The molecule has 2 amide bonds. The van der Waals surface area contributed by atoms with Crippen LogP contribution in [0.3, 0.4) is 0 Å². The van der Waals surface area contributed by atoms with E-state index in [1.54, 1.807) is 23.4 Å². The average molecular weight is 345 g/mol. The van der Waals surface area contributed by atoms with Crippen LogP contribution in [0.25, 0.3) is 0 Å². The molecule has 0 aliphatic carbocycles. The molecule has 0 saturated carbocycles. The van der Waals surface area contributed by atoms with Crippen molar-refractivity contribution in [2.45, 2.75) is 19.3 Å². The number of pyridine rings is 1. The largest absolute Gasteiger partial charge is 0.327 e. The number of amides is 2. The monoisotopic (exact) mass is 344 g/mol. The molecule has 1 N–H and O–H groups in total. The summed E-state index contributed by atoms with van der Waals surface area (Å²) in [5.74, 6) is 0. The third kappa shape index (κ3) is 4.46. The summed E-state index contributed by atoms with van der Waals surface area (Å²) in [5, 5.41) is 3.52. The van der Waals surface area contributed by atoms with Crippen molar-refractivity contribution in [2.75, 3.05) is 30.0 Å². The maximum atomic E-state index is 12.8. The Kier molecular flexibility index (Phi) is 5.67. The fraction of sp³-hybridized carbons (Fsp3) is 0.333. The van der Waals surface area contributed by atoms with E-state index in [1.807, 2.05) is 30.3 Å². The van der Waals surface area contributed by atoms with E-state index in [9.17, 15) is 4.79 Å². The smallest absolute Gasteiger partial charge is 0.306 e. The number of likely N-dealkylation sites (tertiary alicyclic amines) is 1. The Morgan fingerprint density at radius 3 is 2.75 bits per heavy atom. The molecule has 0 unspecified atom stereocenters. The molecule has 2 heterocycles. The molecule has 5 nitrogen and oxygen atoms in total. The van der Waals surface area contributed by atoms with Crippen molar-refractivity contribution in [2.24, 2.45) is 0 Å². The van der Waals surface area contributed by atoms with Crippen molar-refractivity contribution in [3.8, 4) is 0 Å². The highest BCUT2D eigenvalue weighted by molar-refractivity contribution is 6.31. The van der Waals surface area contributed by atoms with Gasteiger partial charge in [-0.25, -0.2) is 4.79 Å². The second-order valence-corrected chi connectivity index (χ2v) is 6.34. The second-order valence-electron chi connectivity index (χ2n) is 5.90. The number of carbonyl (C=O) groups is 1. The lowest BCUT2D eigenvalue weighted by Gasteiger charge is -2.33. The van der Waals surface area contributed by atoms with E-state index in [4.69, 9.17) is 11.6 Å². The van der Waals surface area contributed by atoms with Crippen LogP contribution >= 0.6 is 11.6 Å². The number of hydrogen-bond donors (Lipinski definition) is 1. The van der Waals surface area contributed by atoms with Crippen molar-refractivity contribution in [1.82, 2.24) is 9.88 Å². The average Bonchev–Trinajstić information content (AvgIpc) is 2.61. The van der Waals surface area contributed by atoms with Gasteiger partial charge in [-0.05, 0) is 56.3 Å². The molecule has 1 fully saturated rings. The molecule has 1 aromatic carbocycles. The molecule has 1 aromatic heterocycles. The Hall–Kier alpha value is -2.11. The number of benzene rings is 1.